The second kappa shape index (κ2) is 7.10. The highest BCUT2D eigenvalue weighted by atomic mass is 32.1. The van der Waals surface area contributed by atoms with Crippen LogP contribution in [0, 0.1) is 6.92 Å². The highest BCUT2D eigenvalue weighted by Crippen LogP contribution is 2.25. The molecule has 3 rings (SSSR count). The molecule has 0 spiro atoms. The van der Waals surface area contributed by atoms with Gasteiger partial charge in [-0.15, -0.1) is 11.3 Å². The van der Waals surface area contributed by atoms with Crippen LogP contribution in [-0.4, -0.2) is 24.6 Å². The fraction of sp³-hybridized carbons (Fsp3) is 0.412. The van der Waals surface area contributed by atoms with E-state index in [1.807, 2.05) is 25.1 Å². The predicted molar refractivity (Wildman–Crippen MR) is 89.0 cm³/mol. The van der Waals surface area contributed by atoms with Crippen LogP contribution in [0.5, 0.6) is 5.75 Å². The summed E-state index contributed by atoms with van der Waals surface area (Å²) in [6.07, 6.45) is 1.96. The zero-order valence-corrected chi connectivity index (χ0v) is 14.2. The van der Waals surface area contributed by atoms with Crippen molar-refractivity contribution in [3.63, 3.8) is 0 Å². The lowest BCUT2D eigenvalue weighted by atomic mass is 10.0. The third-order valence-corrected chi connectivity index (χ3v) is 4.92. The van der Waals surface area contributed by atoms with E-state index < -0.39 is 0 Å². The largest absolute Gasteiger partial charge is 0.493 e. The van der Waals surface area contributed by atoms with Crippen molar-refractivity contribution in [2.45, 2.75) is 32.9 Å². The molecule has 0 atom stereocenters. The second-order valence-corrected chi connectivity index (χ2v) is 6.67. The fourth-order valence-corrected chi connectivity index (χ4v) is 3.58. The summed E-state index contributed by atoms with van der Waals surface area (Å²) >= 11 is 1.57. The van der Waals surface area contributed by atoms with Gasteiger partial charge < -0.3 is 14.8 Å². The lowest BCUT2D eigenvalue weighted by Gasteiger charge is -2.17. The number of hydrogen-bond donors (Lipinski definition) is 1. The summed E-state index contributed by atoms with van der Waals surface area (Å²) in [5, 5.41) is 3.90. The molecular formula is C17H20N2O3S. The molecule has 1 aliphatic rings. The number of methoxy groups -OCH3 is 1. The number of aryl methyl sites for hydroxylation is 2. The van der Waals surface area contributed by atoms with Crippen LogP contribution in [0.25, 0.3) is 0 Å². The molecule has 1 N–H and O–H groups in total. The minimum Gasteiger partial charge on any atom is -0.493 e. The maximum absolute atomic E-state index is 12.4. The Morgan fingerprint density at radius 1 is 1.48 bits per heavy atom. The van der Waals surface area contributed by atoms with Gasteiger partial charge in [0.25, 0.3) is 5.91 Å². The summed E-state index contributed by atoms with van der Waals surface area (Å²) in [4.78, 5) is 17.9. The molecule has 122 valence electrons. The number of amides is 1. The molecule has 23 heavy (non-hydrogen) atoms. The van der Waals surface area contributed by atoms with Gasteiger partial charge in [0.05, 0.1) is 25.5 Å². The summed E-state index contributed by atoms with van der Waals surface area (Å²) in [5.41, 5.74) is 2.73. The first-order valence-electron chi connectivity index (χ1n) is 7.65. The van der Waals surface area contributed by atoms with E-state index in [4.69, 9.17) is 9.47 Å². The van der Waals surface area contributed by atoms with Gasteiger partial charge in [-0.2, -0.15) is 0 Å². The van der Waals surface area contributed by atoms with Crippen molar-refractivity contribution in [1.29, 1.82) is 0 Å². The third-order valence-electron chi connectivity index (χ3n) is 3.78. The SMILES string of the molecule is COCc1nc(C)c(CNC(=O)c2ccc3c(c2)CCCO3)s1. The summed E-state index contributed by atoms with van der Waals surface area (Å²) in [6.45, 7) is 3.70. The summed E-state index contributed by atoms with van der Waals surface area (Å²) < 4.78 is 10.7. The summed E-state index contributed by atoms with van der Waals surface area (Å²) in [5.74, 6) is 0.828. The van der Waals surface area contributed by atoms with Gasteiger partial charge in [-0.3, -0.25) is 4.79 Å². The smallest absolute Gasteiger partial charge is 0.251 e. The third kappa shape index (κ3) is 3.71. The number of benzene rings is 1. The zero-order valence-electron chi connectivity index (χ0n) is 13.3. The van der Waals surface area contributed by atoms with Crippen LogP contribution in [0.1, 0.15) is 37.9 Å². The molecule has 1 aliphatic heterocycles. The molecule has 1 aromatic heterocycles. The van der Waals surface area contributed by atoms with Crippen molar-refractivity contribution in [3.8, 4) is 5.75 Å². The Morgan fingerprint density at radius 3 is 3.17 bits per heavy atom. The molecule has 0 unspecified atom stereocenters. The number of fused-ring (bicyclic) bond motifs is 1. The molecule has 6 heteroatoms. The highest BCUT2D eigenvalue weighted by Gasteiger charge is 2.14. The molecule has 0 saturated carbocycles. The Morgan fingerprint density at radius 2 is 2.35 bits per heavy atom. The van der Waals surface area contributed by atoms with Gasteiger partial charge in [-0.25, -0.2) is 4.98 Å². The molecule has 0 aliphatic carbocycles. The van der Waals surface area contributed by atoms with Gasteiger partial charge in [0.2, 0.25) is 0 Å². The number of carbonyl (C=O) groups is 1. The van der Waals surface area contributed by atoms with Gasteiger partial charge in [0.1, 0.15) is 10.8 Å². The Bertz CT molecular complexity index is 712. The Labute approximate surface area is 139 Å². The standard InChI is InChI=1S/C17H20N2O3S/c1-11-15(23-16(19-11)10-21-2)9-18-17(20)13-5-6-14-12(8-13)4-3-7-22-14/h5-6,8H,3-4,7,9-10H2,1-2H3,(H,18,20). The molecule has 5 nitrogen and oxygen atoms in total. The van der Waals surface area contributed by atoms with Gasteiger partial charge in [-0.1, -0.05) is 0 Å². The van der Waals surface area contributed by atoms with Crippen LogP contribution in [-0.2, 0) is 24.3 Å². The van der Waals surface area contributed by atoms with E-state index >= 15 is 0 Å². The molecule has 0 radical (unpaired) electrons. The van der Waals surface area contributed by atoms with E-state index in [0.717, 1.165) is 46.3 Å². The van der Waals surface area contributed by atoms with Gasteiger partial charge >= 0.3 is 0 Å². The number of hydrogen-bond acceptors (Lipinski definition) is 5. The second-order valence-electron chi connectivity index (χ2n) is 5.51. The average Bonchev–Trinajstić information content (AvgIpc) is 2.92. The fourth-order valence-electron chi connectivity index (χ4n) is 2.60. The first-order chi connectivity index (χ1) is 11.2. The van der Waals surface area contributed by atoms with E-state index in [9.17, 15) is 4.79 Å². The molecule has 0 saturated heterocycles. The number of nitrogens with zero attached hydrogens (tertiary/aromatic N) is 1. The van der Waals surface area contributed by atoms with Gasteiger partial charge in [-0.05, 0) is 43.5 Å². The lowest BCUT2D eigenvalue weighted by molar-refractivity contribution is 0.0951. The van der Waals surface area contributed by atoms with Crippen molar-refractivity contribution in [3.05, 3.63) is 44.9 Å². The van der Waals surface area contributed by atoms with Crippen molar-refractivity contribution in [2.24, 2.45) is 0 Å². The van der Waals surface area contributed by atoms with E-state index in [-0.39, 0.29) is 5.91 Å². The first kappa shape index (κ1) is 16.0. The highest BCUT2D eigenvalue weighted by molar-refractivity contribution is 7.11. The number of nitrogens with one attached hydrogen (secondary N) is 1. The van der Waals surface area contributed by atoms with Gasteiger partial charge in [0, 0.05) is 17.6 Å². The quantitative estimate of drug-likeness (QED) is 0.914. The number of rotatable bonds is 5. The number of thiazole rings is 1. The molecular weight excluding hydrogens is 312 g/mol. The Hall–Kier alpha value is -1.92. The zero-order chi connectivity index (χ0) is 16.2. The van der Waals surface area contributed by atoms with Crippen molar-refractivity contribution in [1.82, 2.24) is 10.3 Å². The van der Waals surface area contributed by atoms with Crippen LogP contribution >= 0.6 is 11.3 Å². The van der Waals surface area contributed by atoms with Crippen molar-refractivity contribution in [2.75, 3.05) is 13.7 Å². The monoisotopic (exact) mass is 332 g/mol. The van der Waals surface area contributed by atoms with E-state index in [1.165, 1.54) is 0 Å². The predicted octanol–water partition coefficient (Wildman–Crippen LogP) is 2.85. The number of aromatic nitrogens is 1. The average molecular weight is 332 g/mol. The molecule has 1 amide bonds. The normalized spacial score (nSPS) is 13.3. The van der Waals surface area contributed by atoms with Crippen LogP contribution < -0.4 is 10.1 Å². The Balaban J connectivity index is 1.65. The number of carbonyl (C=O) groups excluding carboxylic acids is 1. The van der Waals surface area contributed by atoms with Crippen LogP contribution in [0.2, 0.25) is 0 Å². The van der Waals surface area contributed by atoms with Crippen molar-refractivity contribution >= 4 is 17.2 Å². The van der Waals surface area contributed by atoms with E-state index in [0.29, 0.717) is 18.7 Å². The topological polar surface area (TPSA) is 60.5 Å². The maximum Gasteiger partial charge on any atom is 0.251 e. The van der Waals surface area contributed by atoms with Crippen LogP contribution in [0.3, 0.4) is 0 Å². The molecule has 0 bridgehead atoms. The summed E-state index contributed by atoms with van der Waals surface area (Å²) in [7, 11) is 1.65. The molecule has 1 aromatic carbocycles. The van der Waals surface area contributed by atoms with E-state index in [1.54, 1.807) is 18.4 Å². The maximum atomic E-state index is 12.4. The van der Waals surface area contributed by atoms with Gasteiger partial charge in [0.15, 0.2) is 0 Å². The first-order valence-corrected chi connectivity index (χ1v) is 8.47. The minimum absolute atomic E-state index is 0.0699. The molecule has 0 fully saturated rings. The minimum atomic E-state index is -0.0699. The van der Waals surface area contributed by atoms with Crippen LogP contribution in [0.4, 0.5) is 0 Å². The molecule has 2 aromatic rings. The van der Waals surface area contributed by atoms with Crippen LogP contribution in [0.15, 0.2) is 18.2 Å². The lowest BCUT2D eigenvalue weighted by Crippen LogP contribution is -2.23. The number of ether oxygens (including phenoxy) is 2. The summed E-state index contributed by atoms with van der Waals surface area (Å²) in [6, 6.07) is 5.63. The van der Waals surface area contributed by atoms with Crippen molar-refractivity contribution < 1.29 is 14.3 Å². The molecule has 2 heterocycles. The van der Waals surface area contributed by atoms with E-state index in [2.05, 4.69) is 10.3 Å². The Kier molecular flexibility index (Phi) is 4.93.